The maximum atomic E-state index is 12.4. The number of nitrogens with zero attached hydrogens (tertiary/aromatic N) is 2. The first-order valence-electron chi connectivity index (χ1n) is 5.87. The minimum atomic E-state index is -4.34. The predicted octanol–water partition coefficient (Wildman–Crippen LogP) is 4.72. The summed E-state index contributed by atoms with van der Waals surface area (Å²) in [4.78, 5) is 7.90. The van der Waals surface area contributed by atoms with Crippen molar-refractivity contribution in [2.24, 2.45) is 0 Å². The molecule has 0 amide bonds. The molecule has 0 aliphatic carbocycles. The van der Waals surface area contributed by atoms with E-state index in [-0.39, 0.29) is 16.9 Å². The number of halogens is 5. The largest absolute Gasteiger partial charge is 0.416 e. The molecule has 0 saturated carbocycles. The molecule has 0 radical (unpaired) electrons. The Morgan fingerprint density at radius 1 is 1.05 bits per heavy atom. The van der Waals surface area contributed by atoms with Gasteiger partial charge in [0.15, 0.2) is 10.3 Å². The molecule has 1 aromatic carbocycles. The standard InChI is InChI=1S/C13H10Cl2F3N3/c1-7-20-11(14)10(12(15)21-7)19-6-8-2-4-9(5-3-8)13(16,17)18/h2-5,19H,6H2,1H3. The van der Waals surface area contributed by atoms with Crippen LogP contribution < -0.4 is 5.32 Å². The van der Waals surface area contributed by atoms with Crippen LogP contribution in [0.15, 0.2) is 24.3 Å². The quantitative estimate of drug-likeness (QED) is 0.824. The number of aryl methyl sites for hydroxylation is 1. The summed E-state index contributed by atoms with van der Waals surface area (Å²) in [6, 6.07) is 4.80. The van der Waals surface area contributed by atoms with Crippen molar-refractivity contribution in [3.63, 3.8) is 0 Å². The zero-order valence-corrected chi connectivity index (χ0v) is 12.3. The van der Waals surface area contributed by atoms with E-state index in [2.05, 4.69) is 15.3 Å². The zero-order valence-electron chi connectivity index (χ0n) is 10.8. The van der Waals surface area contributed by atoms with E-state index in [9.17, 15) is 13.2 Å². The monoisotopic (exact) mass is 335 g/mol. The van der Waals surface area contributed by atoms with Crippen molar-refractivity contribution in [2.75, 3.05) is 5.32 Å². The lowest BCUT2D eigenvalue weighted by Crippen LogP contribution is -2.06. The summed E-state index contributed by atoms with van der Waals surface area (Å²) in [5.41, 5.74) is 0.306. The van der Waals surface area contributed by atoms with E-state index in [1.54, 1.807) is 6.92 Å². The van der Waals surface area contributed by atoms with Crippen LogP contribution in [0.1, 0.15) is 17.0 Å². The van der Waals surface area contributed by atoms with Gasteiger partial charge in [-0.2, -0.15) is 13.2 Å². The van der Waals surface area contributed by atoms with E-state index in [1.807, 2.05) is 0 Å². The average Bonchev–Trinajstić information content (AvgIpc) is 2.37. The first-order chi connectivity index (χ1) is 9.77. The molecular weight excluding hydrogens is 326 g/mol. The number of alkyl halides is 3. The van der Waals surface area contributed by atoms with Crippen molar-refractivity contribution >= 4 is 28.9 Å². The fourth-order valence-corrected chi connectivity index (χ4v) is 2.26. The molecule has 3 nitrogen and oxygen atoms in total. The van der Waals surface area contributed by atoms with Gasteiger partial charge in [-0.3, -0.25) is 0 Å². The molecule has 1 heterocycles. The molecule has 8 heteroatoms. The molecule has 0 aliphatic rings. The molecule has 2 aromatic rings. The minimum absolute atomic E-state index is 0.166. The van der Waals surface area contributed by atoms with Crippen LogP contribution in [-0.4, -0.2) is 9.97 Å². The van der Waals surface area contributed by atoms with Crippen molar-refractivity contribution in [1.29, 1.82) is 0 Å². The Hall–Kier alpha value is -1.53. The summed E-state index contributed by atoms with van der Waals surface area (Å²) >= 11 is 11.9. The molecule has 0 atom stereocenters. The van der Waals surface area contributed by atoms with Gasteiger partial charge in [0.25, 0.3) is 0 Å². The topological polar surface area (TPSA) is 37.8 Å². The highest BCUT2D eigenvalue weighted by Crippen LogP contribution is 2.30. The van der Waals surface area contributed by atoms with Crippen molar-refractivity contribution < 1.29 is 13.2 Å². The Kier molecular flexibility index (Phi) is 4.58. The van der Waals surface area contributed by atoms with E-state index in [0.717, 1.165) is 12.1 Å². The Morgan fingerprint density at radius 2 is 1.57 bits per heavy atom. The lowest BCUT2D eigenvalue weighted by molar-refractivity contribution is -0.137. The molecule has 2 rings (SSSR count). The lowest BCUT2D eigenvalue weighted by Gasteiger charge is -2.11. The van der Waals surface area contributed by atoms with E-state index >= 15 is 0 Å². The molecule has 0 aliphatic heterocycles. The van der Waals surface area contributed by atoms with Gasteiger partial charge in [0.2, 0.25) is 0 Å². The first-order valence-corrected chi connectivity index (χ1v) is 6.62. The summed E-state index contributed by atoms with van der Waals surface area (Å²) in [7, 11) is 0. The van der Waals surface area contributed by atoms with E-state index in [4.69, 9.17) is 23.2 Å². The number of nitrogens with one attached hydrogen (secondary N) is 1. The Labute approximate surface area is 129 Å². The van der Waals surface area contributed by atoms with Gasteiger partial charge in [-0.1, -0.05) is 35.3 Å². The summed E-state index contributed by atoms with van der Waals surface area (Å²) in [5, 5.41) is 3.25. The summed E-state index contributed by atoms with van der Waals surface area (Å²) in [6.45, 7) is 1.90. The van der Waals surface area contributed by atoms with Gasteiger partial charge < -0.3 is 5.32 Å². The minimum Gasteiger partial charge on any atom is -0.376 e. The van der Waals surface area contributed by atoms with Crippen LogP contribution in [0.2, 0.25) is 10.3 Å². The lowest BCUT2D eigenvalue weighted by atomic mass is 10.1. The van der Waals surface area contributed by atoms with Crippen LogP contribution in [0.25, 0.3) is 0 Å². The number of hydrogen-bond donors (Lipinski definition) is 1. The molecular formula is C13H10Cl2F3N3. The second-order valence-corrected chi connectivity index (χ2v) is 4.99. The van der Waals surface area contributed by atoms with E-state index in [0.29, 0.717) is 17.1 Å². The van der Waals surface area contributed by atoms with Gasteiger partial charge >= 0.3 is 6.18 Å². The molecule has 0 fully saturated rings. The summed E-state index contributed by atoms with van der Waals surface area (Å²) < 4.78 is 37.3. The highest BCUT2D eigenvalue weighted by Gasteiger charge is 2.29. The summed E-state index contributed by atoms with van der Waals surface area (Å²) in [6.07, 6.45) is -4.34. The highest BCUT2D eigenvalue weighted by molar-refractivity contribution is 6.37. The molecule has 0 bridgehead atoms. The van der Waals surface area contributed by atoms with Crippen LogP contribution >= 0.6 is 23.2 Å². The van der Waals surface area contributed by atoms with Crippen molar-refractivity contribution in [3.8, 4) is 0 Å². The smallest absolute Gasteiger partial charge is 0.376 e. The highest BCUT2D eigenvalue weighted by atomic mass is 35.5. The number of anilines is 1. The van der Waals surface area contributed by atoms with Gasteiger partial charge in [-0.15, -0.1) is 0 Å². The Bertz CT molecular complexity index is 619. The van der Waals surface area contributed by atoms with Gasteiger partial charge in [-0.05, 0) is 24.6 Å². The van der Waals surface area contributed by atoms with Gasteiger partial charge in [0.1, 0.15) is 11.5 Å². The SMILES string of the molecule is Cc1nc(Cl)c(NCc2ccc(C(F)(F)F)cc2)c(Cl)n1. The summed E-state index contributed by atoms with van der Waals surface area (Å²) in [5.74, 6) is 0.435. The molecule has 1 aromatic heterocycles. The van der Waals surface area contributed by atoms with Crippen LogP contribution in [0.5, 0.6) is 0 Å². The third-order valence-corrected chi connectivity index (χ3v) is 3.23. The van der Waals surface area contributed by atoms with Crippen LogP contribution in [0.3, 0.4) is 0 Å². The Balaban J connectivity index is 2.10. The number of hydrogen-bond acceptors (Lipinski definition) is 3. The average molecular weight is 336 g/mol. The van der Waals surface area contributed by atoms with E-state index in [1.165, 1.54) is 12.1 Å². The molecule has 112 valence electrons. The fraction of sp³-hybridized carbons (Fsp3) is 0.231. The van der Waals surface area contributed by atoms with E-state index < -0.39 is 11.7 Å². The van der Waals surface area contributed by atoms with Crippen LogP contribution in [0.4, 0.5) is 18.9 Å². The van der Waals surface area contributed by atoms with Crippen LogP contribution in [0, 0.1) is 6.92 Å². The van der Waals surface area contributed by atoms with Gasteiger partial charge in [-0.25, -0.2) is 9.97 Å². The van der Waals surface area contributed by atoms with Gasteiger partial charge in [0.05, 0.1) is 5.56 Å². The number of rotatable bonds is 3. The molecule has 1 N–H and O–H groups in total. The molecule has 21 heavy (non-hydrogen) atoms. The number of aromatic nitrogens is 2. The zero-order chi connectivity index (χ0) is 15.6. The van der Waals surface area contributed by atoms with Crippen molar-refractivity contribution in [2.45, 2.75) is 19.6 Å². The normalized spacial score (nSPS) is 11.5. The fourth-order valence-electron chi connectivity index (χ4n) is 1.65. The third-order valence-electron chi connectivity index (χ3n) is 2.68. The molecule has 0 spiro atoms. The second-order valence-electron chi connectivity index (χ2n) is 4.28. The molecule has 0 saturated heterocycles. The van der Waals surface area contributed by atoms with Crippen LogP contribution in [-0.2, 0) is 12.7 Å². The number of benzene rings is 1. The van der Waals surface area contributed by atoms with Crippen molar-refractivity contribution in [1.82, 2.24) is 9.97 Å². The van der Waals surface area contributed by atoms with Crippen molar-refractivity contribution in [3.05, 3.63) is 51.5 Å². The maximum absolute atomic E-state index is 12.4. The second kappa shape index (κ2) is 6.07. The Morgan fingerprint density at radius 3 is 2.05 bits per heavy atom. The maximum Gasteiger partial charge on any atom is 0.416 e. The first kappa shape index (κ1) is 15.9. The van der Waals surface area contributed by atoms with Gasteiger partial charge in [0, 0.05) is 6.54 Å². The predicted molar refractivity (Wildman–Crippen MR) is 75.6 cm³/mol. The third kappa shape index (κ3) is 3.98. The molecule has 0 unspecified atom stereocenters.